The lowest BCUT2D eigenvalue weighted by molar-refractivity contribution is 0.446. The highest BCUT2D eigenvalue weighted by atomic mass is 32.2. The molecule has 2 N–H and O–H groups in total. The van der Waals surface area contributed by atoms with Gasteiger partial charge in [0.2, 0.25) is 0 Å². The van der Waals surface area contributed by atoms with Gasteiger partial charge in [-0.25, -0.2) is 0 Å². The molecule has 1 aliphatic rings. The molecular weight excluding hydrogens is 286 g/mol. The van der Waals surface area contributed by atoms with Crippen molar-refractivity contribution >= 4 is 21.6 Å². The van der Waals surface area contributed by atoms with Crippen molar-refractivity contribution in [1.82, 2.24) is 4.31 Å². The Morgan fingerprint density at radius 2 is 1.62 bits per heavy atom. The second-order valence-electron chi connectivity index (χ2n) is 4.99. The molecule has 0 aliphatic carbocycles. The molecule has 1 fully saturated rings. The van der Waals surface area contributed by atoms with Crippen LogP contribution in [-0.2, 0) is 16.8 Å². The number of rotatable bonds is 3. The molecule has 3 rings (SSSR count). The Morgan fingerprint density at radius 1 is 0.952 bits per heavy atom. The first-order valence-corrected chi connectivity index (χ1v) is 8.14. The van der Waals surface area contributed by atoms with Crippen molar-refractivity contribution in [2.45, 2.75) is 6.54 Å². The van der Waals surface area contributed by atoms with Crippen molar-refractivity contribution in [3.8, 4) is 0 Å². The predicted octanol–water partition coefficient (Wildman–Crippen LogP) is 1.84. The van der Waals surface area contributed by atoms with E-state index in [1.807, 2.05) is 30.3 Å². The van der Waals surface area contributed by atoms with E-state index in [-0.39, 0.29) is 0 Å². The highest BCUT2D eigenvalue weighted by Crippen LogP contribution is 2.27. The van der Waals surface area contributed by atoms with Crippen LogP contribution < -0.4 is 10.0 Å². The van der Waals surface area contributed by atoms with E-state index in [1.165, 1.54) is 8.61 Å². The first-order chi connectivity index (χ1) is 10.1. The molecule has 5 nitrogen and oxygen atoms in total. The van der Waals surface area contributed by atoms with Crippen molar-refractivity contribution in [3.05, 3.63) is 60.2 Å². The Hall–Kier alpha value is -2.05. The van der Waals surface area contributed by atoms with Gasteiger partial charge in [0.15, 0.2) is 0 Å². The minimum Gasteiger partial charge on any atom is -0.399 e. The van der Waals surface area contributed by atoms with Gasteiger partial charge in [-0.2, -0.15) is 12.7 Å². The molecule has 0 radical (unpaired) electrons. The van der Waals surface area contributed by atoms with E-state index in [0.29, 0.717) is 31.0 Å². The largest absolute Gasteiger partial charge is 0.399 e. The van der Waals surface area contributed by atoms with Gasteiger partial charge in [-0.05, 0) is 29.8 Å². The Bertz CT molecular complexity index is 714. The summed E-state index contributed by atoms with van der Waals surface area (Å²) in [6.45, 7) is 1.34. The van der Waals surface area contributed by atoms with Gasteiger partial charge in [0.25, 0.3) is 0 Å². The Labute approximate surface area is 124 Å². The molecule has 1 saturated heterocycles. The first-order valence-electron chi connectivity index (χ1n) is 6.75. The maximum atomic E-state index is 12.6. The minimum absolute atomic E-state index is 0.397. The number of benzene rings is 2. The summed E-state index contributed by atoms with van der Waals surface area (Å²) in [5.74, 6) is 0. The minimum atomic E-state index is -3.47. The number of anilines is 2. The maximum absolute atomic E-state index is 12.6. The van der Waals surface area contributed by atoms with Crippen LogP contribution in [0.25, 0.3) is 0 Å². The number of hydrogen-bond donors (Lipinski definition) is 1. The topological polar surface area (TPSA) is 66.6 Å². The smallest absolute Gasteiger partial charge is 0.304 e. The number of nitrogens with two attached hydrogens (primary N) is 1. The number of nitrogens with zero attached hydrogens (tertiary/aromatic N) is 2. The third kappa shape index (κ3) is 2.72. The molecule has 0 saturated carbocycles. The maximum Gasteiger partial charge on any atom is 0.304 e. The van der Waals surface area contributed by atoms with Crippen LogP contribution in [0.15, 0.2) is 54.6 Å². The van der Waals surface area contributed by atoms with Crippen LogP contribution in [0, 0.1) is 0 Å². The van der Waals surface area contributed by atoms with Crippen molar-refractivity contribution < 1.29 is 8.42 Å². The molecular formula is C15H17N3O2S. The zero-order chi connectivity index (χ0) is 14.9. The van der Waals surface area contributed by atoms with Crippen LogP contribution in [0.5, 0.6) is 0 Å². The fourth-order valence-electron chi connectivity index (χ4n) is 2.42. The fraction of sp³-hybridized carbons (Fsp3) is 0.200. The standard InChI is InChI=1S/C15H17N3O2S/c16-14-6-8-15(9-7-14)18-11-10-17(21(18,19)20)12-13-4-2-1-3-5-13/h1-9H,10-12,16H2. The molecule has 2 aromatic rings. The summed E-state index contributed by atoms with van der Waals surface area (Å²) >= 11 is 0. The molecule has 0 atom stereocenters. The molecule has 0 amide bonds. The summed E-state index contributed by atoms with van der Waals surface area (Å²) in [5.41, 5.74) is 7.90. The SMILES string of the molecule is Nc1ccc(N2CCN(Cc3ccccc3)S2(=O)=O)cc1. The Kier molecular flexibility index (Phi) is 3.57. The summed E-state index contributed by atoms with van der Waals surface area (Å²) in [4.78, 5) is 0. The van der Waals surface area contributed by atoms with Gasteiger partial charge in [-0.3, -0.25) is 4.31 Å². The monoisotopic (exact) mass is 303 g/mol. The quantitative estimate of drug-likeness (QED) is 0.880. The molecule has 0 unspecified atom stereocenters. The van der Waals surface area contributed by atoms with Crippen molar-refractivity contribution in [1.29, 1.82) is 0 Å². The first kappa shape index (κ1) is 13.9. The zero-order valence-electron chi connectivity index (χ0n) is 11.5. The lowest BCUT2D eigenvalue weighted by atomic mass is 10.2. The fourth-order valence-corrected chi connectivity index (χ4v) is 4.03. The van der Waals surface area contributed by atoms with Crippen molar-refractivity contribution in [2.24, 2.45) is 0 Å². The van der Waals surface area contributed by atoms with E-state index in [2.05, 4.69) is 0 Å². The van der Waals surface area contributed by atoms with E-state index >= 15 is 0 Å². The lowest BCUT2D eigenvalue weighted by Gasteiger charge is -2.20. The van der Waals surface area contributed by atoms with E-state index < -0.39 is 10.2 Å². The van der Waals surface area contributed by atoms with Gasteiger partial charge in [-0.15, -0.1) is 0 Å². The third-order valence-electron chi connectivity index (χ3n) is 3.54. The second-order valence-corrected chi connectivity index (χ2v) is 6.84. The van der Waals surface area contributed by atoms with E-state index in [0.717, 1.165) is 5.56 Å². The van der Waals surface area contributed by atoms with Gasteiger partial charge < -0.3 is 5.73 Å². The van der Waals surface area contributed by atoms with Gasteiger partial charge >= 0.3 is 10.2 Å². The summed E-state index contributed by atoms with van der Waals surface area (Å²) in [5, 5.41) is 0. The molecule has 0 bridgehead atoms. The lowest BCUT2D eigenvalue weighted by Crippen LogP contribution is -2.32. The van der Waals surface area contributed by atoms with Gasteiger partial charge in [0, 0.05) is 25.3 Å². The number of nitrogen functional groups attached to an aromatic ring is 1. The molecule has 21 heavy (non-hydrogen) atoms. The Morgan fingerprint density at radius 3 is 2.29 bits per heavy atom. The van der Waals surface area contributed by atoms with Gasteiger partial charge in [0.05, 0.1) is 5.69 Å². The van der Waals surface area contributed by atoms with Crippen molar-refractivity contribution in [2.75, 3.05) is 23.1 Å². The van der Waals surface area contributed by atoms with Gasteiger partial charge in [0.1, 0.15) is 0 Å². The zero-order valence-corrected chi connectivity index (χ0v) is 12.3. The predicted molar refractivity (Wildman–Crippen MR) is 84.0 cm³/mol. The average molecular weight is 303 g/mol. The molecule has 1 heterocycles. The molecule has 0 spiro atoms. The van der Waals surface area contributed by atoms with Crippen molar-refractivity contribution in [3.63, 3.8) is 0 Å². The molecule has 110 valence electrons. The summed E-state index contributed by atoms with van der Waals surface area (Å²) in [7, 11) is -3.47. The summed E-state index contributed by atoms with van der Waals surface area (Å²) < 4.78 is 28.1. The summed E-state index contributed by atoms with van der Waals surface area (Å²) in [6.07, 6.45) is 0. The third-order valence-corrected chi connectivity index (χ3v) is 5.45. The highest BCUT2D eigenvalue weighted by molar-refractivity contribution is 7.90. The average Bonchev–Trinajstić information content (AvgIpc) is 2.76. The van der Waals surface area contributed by atoms with Gasteiger partial charge in [-0.1, -0.05) is 30.3 Å². The Balaban J connectivity index is 1.83. The van der Waals surface area contributed by atoms with E-state index in [4.69, 9.17) is 5.73 Å². The summed E-state index contributed by atoms with van der Waals surface area (Å²) in [6, 6.07) is 16.5. The van der Waals surface area contributed by atoms with Crippen LogP contribution in [0.2, 0.25) is 0 Å². The normalized spacial score (nSPS) is 18.0. The van der Waals surface area contributed by atoms with Crippen LogP contribution in [0.4, 0.5) is 11.4 Å². The van der Waals surface area contributed by atoms with Crippen LogP contribution in [-0.4, -0.2) is 25.8 Å². The van der Waals surface area contributed by atoms with E-state index in [9.17, 15) is 8.42 Å². The molecule has 1 aliphatic heterocycles. The van der Waals surface area contributed by atoms with E-state index in [1.54, 1.807) is 24.3 Å². The second kappa shape index (κ2) is 5.38. The molecule has 0 aromatic heterocycles. The van der Waals surface area contributed by atoms with Crippen LogP contribution in [0.1, 0.15) is 5.56 Å². The highest BCUT2D eigenvalue weighted by Gasteiger charge is 2.36. The number of hydrogen-bond acceptors (Lipinski definition) is 3. The van der Waals surface area contributed by atoms with Crippen LogP contribution >= 0.6 is 0 Å². The molecule has 6 heteroatoms. The van der Waals surface area contributed by atoms with Crippen LogP contribution in [0.3, 0.4) is 0 Å². The molecule has 2 aromatic carbocycles.